The minimum Gasteiger partial charge on any atom is -0.435 e. The van der Waals surface area contributed by atoms with Crippen LogP contribution in [-0.4, -0.2) is 36.5 Å². The smallest absolute Gasteiger partial charge is 0.387 e. The van der Waals surface area contributed by atoms with Crippen LogP contribution in [0, 0.1) is 5.92 Å². The summed E-state index contributed by atoms with van der Waals surface area (Å²) in [5.74, 6) is 0.511. The average Bonchev–Trinajstić information content (AvgIpc) is 2.69. The first-order valence-corrected chi connectivity index (χ1v) is 9.40. The van der Waals surface area contributed by atoms with E-state index in [2.05, 4.69) is 10.1 Å². The van der Waals surface area contributed by atoms with E-state index in [1.165, 1.54) is 12.1 Å². The molecule has 0 radical (unpaired) electrons. The lowest BCUT2D eigenvalue weighted by Crippen LogP contribution is -2.42. The summed E-state index contributed by atoms with van der Waals surface area (Å²) in [5.41, 5.74) is 7.91. The second-order valence-corrected chi connectivity index (χ2v) is 7.06. The van der Waals surface area contributed by atoms with Gasteiger partial charge in [0.2, 0.25) is 0 Å². The predicted octanol–water partition coefficient (Wildman–Crippen LogP) is 4.65. The number of para-hydroxylation sites is 1. The van der Waals surface area contributed by atoms with Crippen LogP contribution >= 0.6 is 12.4 Å². The van der Waals surface area contributed by atoms with E-state index in [4.69, 9.17) is 5.73 Å². The lowest BCUT2D eigenvalue weighted by atomic mass is 9.90. The van der Waals surface area contributed by atoms with Crippen molar-refractivity contribution in [2.75, 3.05) is 18.4 Å². The monoisotopic (exact) mass is 425 g/mol. The molecule has 29 heavy (non-hydrogen) atoms. The van der Waals surface area contributed by atoms with Crippen molar-refractivity contribution in [3.63, 3.8) is 0 Å². The highest BCUT2D eigenvalue weighted by atomic mass is 35.5. The van der Waals surface area contributed by atoms with E-state index < -0.39 is 6.61 Å². The molecule has 2 aromatic carbocycles. The van der Waals surface area contributed by atoms with Gasteiger partial charge in [0.25, 0.3) is 5.91 Å². The number of halogens is 3. The SMILES string of the molecule is CC(N)C1CCN(C(=O)c2ccccc2Nc2ccc(OC(F)F)cc2)CC1.Cl. The van der Waals surface area contributed by atoms with Crippen LogP contribution in [0.3, 0.4) is 0 Å². The Labute approximate surface area is 175 Å². The topological polar surface area (TPSA) is 67.6 Å². The number of carbonyl (C=O) groups is 1. The highest BCUT2D eigenvalue weighted by molar-refractivity contribution is 6.00. The Kier molecular flexibility index (Phi) is 8.22. The summed E-state index contributed by atoms with van der Waals surface area (Å²) >= 11 is 0. The number of nitrogens with zero attached hydrogens (tertiary/aromatic N) is 1. The van der Waals surface area contributed by atoms with Gasteiger partial charge in [0, 0.05) is 24.8 Å². The molecule has 8 heteroatoms. The quantitative estimate of drug-likeness (QED) is 0.706. The first-order chi connectivity index (χ1) is 13.4. The number of amides is 1. The fourth-order valence-electron chi connectivity index (χ4n) is 3.45. The summed E-state index contributed by atoms with van der Waals surface area (Å²) in [5, 5.41) is 3.19. The Balaban J connectivity index is 0.00000300. The number of ether oxygens (including phenoxy) is 1. The minimum atomic E-state index is -2.86. The third-order valence-corrected chi connectivity index (χ3v) is 5.09. The summed E-state index contributed by atoms with van der Waals surface area (Å²) in [6.45, 7) is 0.542. The van der Waals surface area contributed by atoms with Crippen LogP contribution < -0.4 is 15.8 Å². The number of benzene rings is 2. The van der Waals surface area contributed by atoms with Crippen LogP contribution in [0.2, 0.25) is 0 Å². The summed E-state index contributed by atoms with van der Waals surface area (Å²) in [6, 6.07) is 13.6. The molecule has 3 rings (SSSR count). The van der Waals surface area contributed by atoms with E-state index in [0.717, 1.165) is 12.8 Å². The number of hydrogen-bond donors (Lipinski definition) is 2. The number of carbonyl (C=O) groups excluding carboxylic acids is 1. The van der Waals surface area contributed by atoms with Crippen molar-refractivity contribution in [3.8, 4) is 5.75 Å². The van der Waals surface area contributed by atoms with Crippen molar-refractivity contribution >= 4 is 29.7 Å². The Morgan fingerprint density at radius 2 is 1.76 bits per heavy atom. The third-order valence-electron chi connectivity index (χ3n) is 5.09. The number of likely N-dealkylation sites (tertiary alicyclic amines) is 1. The van der Waals surface area contributed by atoms with Gasteiger partial charge in [0.05, 0.1) is 11.3 Å². The maximum atomic E-state index is 13.0. The molecule has 5 nitrogen and oxygen atoms in total. The normalized spacial score (nSPS) is 15.6. The second kappa shape index (κ2) is 10.4. The summed E-state index contributed by atoms with van der Waals surface area (Å²) in [7, 11) is 0. The minimum absolute atomic E-state index is 0. The van der Waals surface area contributed by atoms with Gasteiger partial charge >= 0.3 is 6.61 Å². The van der Waals surface area contributed by atoms with Gasteiger partial charge in [-0.3, -0.25) is 4.79 Å². The summed E-state index contributed by atoms with van der Waals surface area (Å²) in [6.07, 6.45) is 1.81. The van der Waals surface area contributed by atoms with Crippen LogP contribution in [0.4, 0.5) is 20.2 Å². The molecule has 0 saturated carbocycles. The number of hydrogen-bond acceptors (Lipinski definition) is 4. The Bertz CT molecular complexity index is 795. The molecule has 1 heterocycles. The largest absolute Gasteiger partial charge is 0.435 e. The van der Waals surface area contributed by atoms with E-state index >= 15 is 0 Å². The molecule has 158 valence electrons. The van der Waals surface area contributed by atoms with Crippen molar-refractivity contribution in [3.05, 3.63) is 54.1 Å². The molecule has 1 aliphatic rings. The van der Waals surface area contributed by atoms with Gasteiger partial charge in [-0.1, -0.05) is 12.1 Å². The van der Waals surface area contributed by atoms with E-state index in [1.807, 2.05) is 30.0 Å². The number of nitrogens with one attached hydrogen (secondary N) is 1. The molecule has 1 fully saturated rings. The Morgan fingerprint density at radius 3 is 2.34 bits per heavy atom. The molecule has 1 amide bonds. The van der Waals surface area contributed by atoms with E-state index in [0.29, 0.717) is 35.9 Å². The lowest BCUT2D eigenvalue weighted by molar-refractivity contribution is -0.0498. The maximum Gasteiger partial charge on any atom is 0.387 e. The fourth-order valence-corrected chi connectivity index (χ4v) is 3.45. The predicted molar refractivity (Wildman–Crippen MR) is 112 cm³/mol. The van der Waals surface area contributed by atoms with Crippen molar-refractivity contribution < 1.29 is 18.3 Å². The lowest BCUT2D eigenvalue weighted by Gasteiger charge is -2.34. The zero-order chi connectivity index (χ0) is 20.1. The molecule has 0 aliphatic carbocycles. The number of piperidine rings is 1. The highest BCUT2D eigenvalue weighted by Crippen LogP contribution is 2.26. The molecule has 1 saturated heterocycles. The van der Waals surface area contributed by atoms with Gasteiger partial charge in [-0.15, -0.1) is 12.4 Å². The summed E-state index contributed by atoms with van der Waals surface area (Å²) in [4.78, 5) is 14.9. The molecular formula is C21H26ClF2N3O2. The average molecular weight is 426 g/mol. The molecule has 3 N–H and O–H groups in total. The molecular weight excluding hydrogens is 400 g/mol. The van der Waals surface area contributed by atoms with Gasteiger partial charge in [-0.25, -0.2) is 0 Å². The van der Waals surface area contributed by atoms with Crippen LogP contribution in [0.1, 0.15) is 30.1 Å². The molecule has 0 aromatic heterocycles. The second-order valence-electron chi connectivity index (χ2n) is 7.06. The van der Waals surface area contributed by atoms with Crippen molar-refractivity contribution in [1.29, 1.82) is 0 Å². The number of nitrogens with two attached hydrogens (primary N) is 1. The zero-order valence-corrected chi connectivity index (χ0v) is 17.0. The molecule has 2 aromatic rings. The molecule has 0 spiro atoms. The van der Waals surface area contributed by atoms with Gasteiger partial charge in [-0.05, 0) is 62.1 Å². The van der Waals surface area contributed by atoms with Crippen molar-refractivity contribution in [1.82, 2.24) is 4.90 Å². The number of alkyl halides is 2. The Hall–Kier alpha value is -2.38. The third kappa shape index (κ3) is 6.05. The van der Waals surface area contributed by atoms with E-state index in [1.54, 1.807) is 18.2 Å². The van der Waals surface area contributed by atoms with Crippen LogP contribution in [0.15, 0.2) is 48.5 Å². The van der Waals surface area contributed by atoms with Gasteiger partial charge in [0.1, 0.15) is 5.75 Å². The van der Waals surface area contributed by atoms with Crippen LogP contribution in [-0.2, 0) is 0 Å². The molecule has 1 aliphatic heterocycles. The van der Waals surface area contributed by atoms with E-state index in [-0.39, 0.29) is 30.1 Å². The van der Waals surface area contributed by atoms with Crippen molar-refractivity contribution in [2.45, 2.75) is 32.4 Å². The highest BCUT2D eigenvalue weighted by Gasteiger charge is 2.26. The Morgan fingerprint density at radius 1 is 1.14 bits per heavy atom. The molecule has 1 atom stereocenters. The first-order valence-electron chi connectivity index (χ1n) is 9.40. The van der Waals surface area contributed by atoms with E-state index in [9.17, 15) is 13.6 Å². The van der Waals surface area contributed by atoms with Gasteiger partial charge in [-0.2, -0.15) is 8.78 Å². The van der Waals surface area contributed by atoms with Crippen LogP contribution in [0.5, 0.6) is 5.75 Å². The van der Waals surface area contributed by atoms with Gasteiger partial charge in [0.15, 0.2) is 0 Å². The van der Waals surface area contributed by atoms with Crippen LogP contribution in [0.25, 0.3) is 0 Å². The van der Waals surface area contributed by atoms with Crippen molar-refractivity contribution in [2.24, 2.45) is 11.7 Å². The standard InChI is InChI=1S/C21H25F2N3O2.ClH/c1-14(24)15-10-12-26(13-11-15)20(27)18-4-2-3-5-19(18)25-16-6-8-17(9-7-16)28-21(22)23;/h2-9,14-15,21,25H,10-13,24H2,1H3;1H. The fraction of sp³-hybridized carbons (Fsp3) is 0.381. The molecule has 1 unspecified atom stereocenters. The zero-order valence-electron chi connectivity index (χ0n) is 16.2. The maximum absolute atomic E-state index is 13.0. The number of anilines is 2. The first kappa shape index (κ1) is 22.9. The molecule has 0 bridgehead atoms. The summed E-state index contributed by atoms with van der Waals surface area (Å²) < 4.78 is 28.9. The number of rotatable bonds is 6. The van der Waals surface area contributed by atoms with Gasteiger partial charge < -0.3 is 20.7 Å².